The second-order valence-corrected chi connectivity index (χ2v) is 6.15. The molecule has 0 N–H and O–H groups in total. The van der Waals surface area contributed by atoms with E-state index in [1.54, 1.807) is 0 Å². The van der Waals surface area contributed by atoms with Crippen molar-refractivity contribution in [1.82, 2.24) is 9.80 Å². The van der Waals surface area contributed by atoms with Gasteiger partial charge in [-0.1, -0.05) is 28.1 Å². The summed E-state index contributed by atoms with van der Waals surface area (Å²) in [5.74, 6) is 0. The molecule has 2 rings (SSSR count). The summed E-state index contributed by atoms with van der Waals surface area (Å²) in [6.07, 6.45) is 2.42. The zero-order valence-electron chi connectivity index (χ0n) is 11.3. The number of benzene rings is 1. The topological polar surface area (TPSA) is 30.3 Å². The van der Waals surface area contributed by atoms with Crippen LogP contribution in [0, 0.1) is 11.3 Å². The van der Waals surface area contributed by atoms with Crippen LogP contribution in [0.1, 0.15) is 18.4 Å². The molecule has 1 aliphatic heterocycles. The van der Waals surface area contributed by atoms with Crippen LogP contribution in [0.4, 0.5) is 0 Å². The van der Waals surface area contributed by atoms with Crippen LogP contribution in [0.2, 0.25) is 0 Å². The summed E-state index contributed by atoms with van der Waals surface area (Å²) in [7, 11) is 2.05. The van der Waals surface area contributed by atoms with Gasteiger partial charge in [-0.25, -0.2) is 0 Å². The summed E-state index contributed by atoms with van der Waals surface area (Å²) in [5, 5.41) is 8.78. The highest BCUT2D eigenvalue weighted by Crippen LogP contribution is 2.18. The highest BCUT2D eigenvalue weighted by atomic mass is 79.9. The van der Waals surface area contributed by atoms with Gasteiger partial charge in [-0.2, -0.15) is 5.26 Å². The number of likely N-dealkylation sites (N-methyl/N-ethyl adjacent to an activating group) is 1. The van der Waals surface area contributed by atoms with Crippen molar-refractivity contribution >= 4 is 15.9 Å². The maximum absolute atomic E-state index is 8.78. The summed E-state index contributed by atoms with van der Waals surface area (Å²) < 4.78 is 1.13. The monoisotopic (exact) mass is 321 g/mol. The molecule has 1 unspecified atom stereocenters. The van der Waals surface area contributed by atoms with Gasteiger partial charge in [0, 0.05) is 23.6 Å². The first-order valence-corrected chi connectivity index (χ1v) is 7.52. The molecule has 1 heterocycles. The summed E-state index contributed by atoms with van der Waals surface area (Å²) in [4.78, 5) is 4.67. The molecule has 0 spiro atoms. The Morgan fingerprint density at radius 2 is 2.16 bits per heavy atom. The second kappa shape index (κ2) is 7.04. The Morgan fingerprint density at radius 3 is 2.84 bits per heavy atom. The second-order valence-electron chi connectivity index (χ2n) is 5.23. The highest BCUT2D eigenvalue weighted by molar-refractivity contribution is 9.10. The molecule has 0 saturated carbocycles. The largest absolute Gasteiger partial charge is 0.298 e. The first-order valence-electron chi connectivity index (χ1n) is 6.73. The minimum Gasteiger partial charge on any atom is -0.298 e. The van der Waals surface area contributed by atoms with E-state index in [9.17, 15) is 0 Å². The van der Waals surface area contributed by atoms with Crippen LogP contribution in [-0.4, -0.2) is 42.5 Å². The fourth-order valence-electron chi connectivity index (χ4n) is 2.62. The molecular formula is C15H20BrN3. The van der Waals surface area contributed by atoms with E-state index >= 15 is 0 Å². The molecule has 0 amide bonds. The third-order valence-corrected chi connectivity index (χ3v) is 4.27. The minimum absolute atomic E-state index is 0.517. The summed E-state index contributed by atoms with van der Waals surface area (Å²) in [5.41, 5.74) is 1.35. The lowest BCUT2D eigenvalue weighted by atomic mass is 10.0. The molecule has 3 nitrogen and oxygen atoms in total. The quantitative estimate of drug-likeness (QED) is 0.799. The number of hydrogen-bond acceptors (Lipinski definition) is 3. The van der Waals surface area contributed by atoms with Gasteiger partial charge in [0.05, 0.1) is 12.6 Å². The highest BCUT2D eigenvalue weighted by Gasteiger charge is 2.22. The van der Waals surface area contributed by atoms with Crippen LogP contribution >= 0.6 is 15.9 Å². The molecule has 0 aromatic heterocycles. The molecule has 0 aliphatic carbocycles. The van der Waals surface area contributed by atoms with Crippen LogP contribution in [0.15, 0.2) is 28.7 Å². The Morgan fingerprint density at radius 1 is 1.42 bits per heavy atom. The lowest BCUT2D eigenvalue weighted by molar-refractivity contribution is 0.120. The number of nitriles is 1. The number of likely N-dealkylation sites (tertiary alicyclic amines) is 1. The lowest BCUT2D eigenvalue weighted by Gasteiger charge is -2.36. The third-order valence-electron chi connectivity index (χ3n) is 3.74. The first kappa shape index (κ1) is 14.5. The fraction of sp³-hybridized carbons (Fsp3) is 0.533. The molecular weight excluding hydrogens is 302 g/mol. The van der Waals surface area contributed by atoms with Crippen LogP contribution in [0.5, 0.6) is 0 Å². The van der Waals surface area contributed by atoms with E-state index in [0.29, 0.717) is 12.6 Å². The van der Waals surface area contributed by atoms with Crippen molar-refractivity contribution in [3.05, 3.63) is 34.3 Å². The van der Waals surface area contributed by atoms with E-state index < -0.39 is 0 Å². The van der Waals surface area contributed by atoms with Crippen LogP contribution in [0.3, 0.4) is 0 Å². The van der Waals surface area contributed by atoms with Gasteiger partial charge in [-0.15, -0.1) is 0 Å². The molecule has 4 heteroatoms. The Labute approximate surface area is 123 Å². The van der Waals surface area contributed by atoms with E-state index in [0.717, 1.165) is 24.1 Å². The van der Waals surface area contributed by atoms with Gasteiger partial charge >= 0.3 is 0 Å². The first-order chi connectivity index (χ1) is 9.19. The standard InChI is InChI=1S/C15H20BrN3/c1-18(10-8-17)15-3-2-9-19(12-15)11-13-4-6-14(16)7-5-13/h4-7,15H,2-3,9-12H2,1H3. The summed E-state index contributed by atoms with van der Waals surface area (Å²) in [6.45, 7) is 3.75. The van der Waals surface area contributed by atoms with E-state index in [1.807, 2.05) is 0 Å². The van der Waals surface area contributed by atoms with Gasteiger partial charge in [-0.05, 0) is 44.1 Å². The number of halogens is 1. The Hall–Kier alpha value is -0.890. The Balaban J connectivity index is 1.90. The van der Waals surface area contributed by atoms with Crippen LogP contribution in [-0.2, 0) is 6.54 Å². The minimum atomic E-state index is 0.517. The van der Waals surface area contributed by atoms with Crippen LogP contribution in [0.25, 0.3) is 0 Å². The van der Waals surface area contributed by atoms with Crippen LogP contribution < -0.4 is 0 Å². The molecule has 1 atom stereocenters. The van der Waals surface area contributed by atoms with Gasteiger partial charge in [0.1, 0.15) is 0 Å². The zero-order valence-corrected chi connectivity index (χ0v) is 12.9. The predicted molar refractivity (Wildman–Crippen MR) is 80.7 cm³/mol. The van der Waals surface area contributed by atoms with E-state index in [-0.39, 0.29) is 0 Å². The van der Waals surface area contributed by atoms with Gasteiger partial charge in [-0.3, -0.25) is 9.80 Å². The smallest absolute Gasteiger partial charge is 0.0866 e. The molecule has 0 bridgehead atoms. The van der Waals surface area contributed by atoms with Crippen molar-refractivity contribution in [2.75, 3.05) is 26.7 Å². The van der Waals surface area contributed by atoms with Crippen molar-refractivity contribution in [3.63, 3.8) is 0 Å². The van der Waals surface area contributed by atoms with Crippen molar-refractivity contribution < 1.29 is 0 Å². The van der Waals surface area contributed by atoms with Crippen molar-refractivity contribution in [2.24, 2.45) is 0 Å². The number of nitrogens with zero attached hydrogens (tertiary/aromatic N) is 3. The van der Waals surface area contributed by atoms with Gasteiger partial charge in [0.25, 0.3) is 0 Å². The molecule has 102 valence electrons. The van der Waals surface area contributed by atoms with E-state index in [1.165, 1.54) is 18.4 Å². The van der Waals surface area contributed by atoms with Crippen molar-refractivity contribution in [1.29, 1.82) is 5.26 Å². The Bertz CT molecular complexity index is 438. The fourth-order valence-corrected chi connectivity index (χ4v) is 2.89. The molecule has 1 aromatic carbocycles. The predicted octanol–water partition coefficient (Wildman–Crippen LogP) is 2.87. The van der Waals surface area contributed by atoms with Crippen molar-refractivity contribution in [2.45, 2.75) is 25.4 Å². The summed E-state index contributed by atoms with van der Waals surface area (Å²) in [6, 6.07) is 11.3. The summed E-state index contributed by atoms with van der Waals surface area (Å²) >= 11 is 3.47. The maximum Gasteiger partial charge on any atom is 0.0866 e. The molecule has 1 fully saturated rings. The number of rotatable bonds is 4. The van der Waals surface area contributed by atoms with Crippen molar-refractivity contribution in [3.8, 4) is 6.07 Å². The van der Waals surface area contributed by atoms with Gasteiger partial charge in [0.15, 0.2) is 0 Å². The molecule has 0 radical (unpaired) electrons. The molecule has 1 aromatic rings. The average molecular weight is 322 g/mol. The van der Waals surface area contributed by atoms with Gasteiger partial charge in [0.2, 0.25) is 0 Å². The number of hydrogen-bond donors (Lipinski definition) is 0. The third kappa shape index (κ3) is 4.31. The normalized spacial score (nSPS) is 20.4. The van der Waals surface area contributed by atoms with E-state index in [2.05, 4.69) is 63.1 Å². The zero-order chi connectivity index (χ0) is 13.7. The lowest BCUT2D eigenvalue weighted by Crippen LogP contribution is -2.46. The maximum atomic E-state index is 8.78. The SMILES string of the molecule is CN(CC#N)C1CCCN(Cc2ccc(Br)cc2)C1. The molecule has 19 heavy (non-hydrogen) atoms. The Kier molecular flexibility index (Phi) is 5.38. The molecule has 1 aliphatic rings. The average Bonchev–Trinajstić information content (AvgIpc) is 2.42. The van der Waals surface area contributed by atoms with Gasteiger partial charge < -0.3 is 0 Å². The molecule has 1 saturated heterocycles. The van der Waals surface area contributed by atoms with E-state index in [4.69, 9.17) is 5.26 Å². The number of piperidine rings is 1.